The van der Waals surface area contributed by atoms with Gasteiger partial charge in [-0.3, -0.25) is 0 Å². The van der Waals surface area contributed by atoms with Gasteiger partial charge in [0.05, 0.1) is 19.5 Å². The van der Waals surface area contributed by atoms with Gasteiger partial charge >= 0.3 is 0 Å². The molecule has 2 heteroatoms. The first-order chi connectivity index (χ1) is 10.3. The van der Waals surface area contributed by atoms with Crippen molar-refractivity contribution >= 4 is 0 Å². The van der Waals surface area contributed by atoms with Crippen molar-refractivity contribution in [1.29, 1.82) is 0 Å². The van der Waals surface area contributed by atoms with Gasteiger partial charge in [0, 0.05) is 0 Å². The molecule has 1 aromatic heterocycles. The van der Waals surface area contributed by atoms with E-state index in [1.54, 1.807) is 0 Å². The Morgan fingerprint density at radius 2 is 1.76 bits per heavy atom. The van der Waals surface area contributed by atoms with Crippen LogP contribution in [0.15, 0.2) is 42.7 Å². The number of hydrogen-bond donors (Lipinski definition) is 0. The largest absolute Gasteiger partial charge is 0.260 e. The summed E-state index contributed by atoms with van der Waals surface area (Å²) in [7, 11) is 0. The maximum absolute atomic E-state index is 2.46. The molecule has 0 aliphatic rings. The molecule has 0 aliphatic carbocycles. The molecule has 2 nitrogen and oxygen atoms in total. The third-order valence-corrected chi connectivity index (χ3v) is 4.01. The summed E-state index contributed by atoms with van der Waals surface area (Å²) in [5, 5.41) is 0. The highest BCUT2D eigenvalue weighted by Gasteiger charge is 2.16. The van der Waals surface area contributed by atoms with Crippen LogP contribution in [0, 0.1) is 0 Å². The van der Waals surface area contributed by atoms with Crippen molar-refractivity contribution in [3.63, 3.8) is 0 Å². The Morgan fingerprint density at radius 3 is 2.48 bits per heavy atom. The van der Waals surface area contributed by atoms with Crippen LogP contribution in [0.3, 0.4) is 0 Å². The van der Waals surface area contributed by atoms with Gasteiger partial charge in [-0.1, -0.05) is 57.0 Å². The van der Waals surface area contributed by atoms with Crippen molar-refractivity contribution in [3.8, 4) is 0 Å². The Morgan fingerprint density at radius 1 is 0.952 bits per heavy atom. The average Bonchev–Trinajstić information content (AvgIpc) is 2.88. The van der Waals surface area contributed by atoms with E-state index in [-0.39, 0.29) is 0 Å². The SMILES string of the molecule is CCCCCCn1cc[n+](CCC)c1Cc1ccccc1. The van der Waals surface area contributed by atoms with E-state index in [9.17, 15) is 0 Å². The number of rotatable bonds is 9. The average molecular weight is 285 g/mol. The molecule has 0 bridgehead atoms. The molecule has 1 aromatic carbocycles. The highest BCUT2D eigenvalue weighted by molar-refractivity contribution is 5.18. The fourth-order valence-electron chi connectivity index (χ4n) is 2.84. The third-order valence-electron chi connectivity index (χ3n) is 4.01. The first-order valence-electron chi connectivity index (χ1n) is 8.46. The normalized spacial score (nSPS) is 11.0. The molecule has 2 rings (SSSR count). The molecule has 0 N–H and O–H groups in total. The van der Waals surface area contributed by atoms with Crippen LogP contribution in [0.1, 0.15) is 57.3 Å². The first-order valence-corrected chi connectivity index (χ1v) is 8.46. The Bertz CT molecular complexity index is 514. The van der Waals surface area contributed by atoms with Crippen LogP contribution >= 0.6 is 0 Å². The summed E-state index contributed by atoms with van der Waals surface area (Å²) in [6.45, 7) is 6.78. The van der Waals surface area contributed by atoms with Crippen molar-refractivity contribution < 1.29 is 4.57 Å². The van der Waals surface area contributed by atoms with Crippen LogP contribution in [-0.2, 0) is 19.5 Å². The van der Waals surface area contributed by atoms with Gasteiger partial charge in [0.2, 0.25) is 0 Å². The van der Waals surface area contributed by atoms with Crippen LogP contribution in [0.2, 0.25) is 0 Å². The third kappa shape index (κ3) is 4.73. The van der Waals surface area contributed by atoms with E-state index in [2.05, 4.69) is 65.7 Å². The van der Waals surface area contributed by atoms with Gasteiger partial charge in [-0.25, -0.2) is 9.13 Å². The molecular weight excluding hydrogens is 256 g/mol. The van der Waals surface area contributed by atoms with Crippen LogP contribution in [0.25, 0.3) is 0 Å². The molecule has 0 aliphatic heterocycles. The lowest BCUT2D eigenvalue weighted by Gasteiger charge is -2.05. The Labute approximate surface area is 129 Å². The van der Waals surface area contributed by atoms with Gasteiger partial charge in [0.1, 0.15) is 12.4 Å². The van der Waals surface area contributed by atoms with E-state index in [1.807, 2.05) is 0 Å². The second-order valence-electron chi connectivity index (χ2n) is 5.82. The summed E-state index contributed by atoms with van der Waals surface area (Å²) in [6.07, 6.45) is 12.0. The number of hydrogen-bond acceptors (Lipinski definition) is 0. The highest BCUT2D eigenvalue weighted by atomic mass is 15.1. The van der Waals surface area contributed by atoms with Gasteiger partial charge < -0.3 is 0 Å². The monoisotopic (exact) mass is 285 g/mol. The zero-order valence-corrected chi connectivity index (χ0v) is 13.6. The number of benzene rings is 1. The summed E-state index contributed by atoms with van der Waals surface area (Å²) < 4.78 is 4.88. The minimum Gasteiger partial charge on any atom is -0.234 e. The Hall–Kier alpha value is -1.57. The summed E-state index contributed by atoms with van der Waals surface area (Å²) in [5.41, 5.74) is 1.40. The maximum Gasteiger partial charge on any atom is 0.260 e. The van der Waals surface area contributed by atoms with Crippen molar-refractivity contribution in [2.75, 3.05) is 0 Å². The summed E-state index contributed by atoms with van der Waals surface area (Å²) >= 11 is 0. The van der Waals surface area contributed by atoms with Crippen LogP contribution < -0.4 is 4.57 Å². The zero-order chi connectivity index (χ0) is 14.9. The van der Waals surface area contributed by atoms with E-state index < -0.39 is 0 Å². The van der Waals surface area contributed by atoms with Crippen LogP contribution in [-0.4, -0.2) is 4.57 Å². The molecule has 0 saturated heterocycles. The predicted octanol–water partition coefficient (Wildman–Crippen LogP) is 4.36. The molecule has 0 unspecified atom stereocenters. The van der Waals surface area contributed by atoms with Gasteiger partial charge in [-0.05, 0) is 24.8 Å². The Kier molecular flexibility index (Phi) is 6.52. The van der Waals surface area contributed by atoms with Crippen LogP contribution in [0.4, 0.5) is 0 Å². The minimum absolute atomic E-state index is 1.03. The number of unbranched alkanes of at least 4 members (excludes halogenated alkanes) is 3. The fourth-order valence-corrected chi connectivity index (χ4v) is 2.84. The van der Waals surface area contributed by atoms with Crippen molar-refractivity contribution in [1.82, 2.24) is 4.57 Å². The molecule has 0 amide bonds. The van der Waals surface area contributed by atoms with Crippen LogP contribution in [0.5, 0.6) is 0 Å². The van der Waals surface area contributed by atoms with Crippen molar-refractivity contribution in [2.24, 2.45) is 0 Å². The first kappa shape index (κ1) is 15.8. The number of nitrogens with zero attached hydrogens (tertiary/aromatic N) is 2. The van der Waals surface area contributed by atoms with Gasteiger partial charge in [0.15, 0.2) is 0 Å². The summed E-state index contributed by atoms with van der Waals surface area (Å²) in [6, 6.07) is 10.8. The standard InChI is InChI=1S/C19H29N2/c1-3-5-6-10-14-21-16-15-20(13-4-2)19(21)17-18-11-8-7-9-12-18/h7-9,11-12,15-16H,3-6,10,13-14,17H2,1-2H3/q+1. The predicted molar refractivity (Wildman–Crippen MR) is 88.3 cm³/mol. The van der Waals surface area contributed by atoms with E-state index >= 15 is 0 Å². The van der Waals surface area contributed by atoms with E-state index in [0.717, 1.165) is 19.5 Å². The highest BCUT2D eigenvalue weighted by Crippen LogP contribution is 2.09. The molecular formula is C19H29N2+. The molecule has 0 fully saturated rings. The summed E-state index contributed by atoms with van der Waals surface area (Å²) in [4.78, 5) is 0. The second-order valence-corrected chi connectivity index (χ2v) is 5.82. The van der Waals surface area contributed by atoms with Gasteiger partial charge in [-0.15, -0.1) is 0 Å². The van der Waals surface area contributed by atoms with E-state index in [1.165, 1.54) is 43.5 Å². The number of aryl methyl sites for hydroxylation is 2. The van der Waals surface area contributed by atoms with Crippen molar-refractivity contribution in [3.05, 3.63) is 54.1 Å². The lowest BCUT2D eigenvalue weighted by atomic mass is 10.1. The minimum atomic E-state index is 1.03. The second kappa shape index (κ2) is 8.66. The number of imidazole rings is 1. The van der Waals surface area contributed by atoms with Gasteiger partial charge in [0.25, 0.3) is 5.82 Å². The molecule has 0 spiro atoms. The number of aromatic nitrogens is 2. The summed E-state index contributed by atoms with van der Waals surface area (Å²) in [5.74, 6) is 1.44. The quantitative estimate of drug-likeness (QED) is 0.478. The molecule has 1 heterocycles. The van der Waals surface area contributed by atoms with Crippen molar-refractivity contribution in [2.45, 2.75) is 65.5 Å². The lowest BCUT2D eigenvalue weighted by molar-refractivity contribution is -0.703. The topological polar surface area (TPSA) is 8.81 Å². The molecule has 0 atom stereocenters. The molecule has 0 radical (unpaired) electrons. The molecule has 21 heavy (non-hydrogen) atoms. The fraction of sp³-hybridized carbons (Fsp3) is 0.526. The molecule has 0 saturated carbocycles. The maximum atomic E-state index is 2.46. The smallest absolute Gasteiger partial charge is 0.234 e. The zero-order valence-electron chi connectivity index (χ0n) is 13.6. The van der Waals surface area contributed by atoms with E-state index in [4.69, 9.17) is 0 Å². The van der Waals surface area contributed by atoms with E-state index in [0.29, 0.717) is 0 Å². The lowest BCUT2D eigenvalue weighted by Crippen LogP contribution is -2.37. The molecule has 114 valence electrons. The molecule has 2 aromatic rings. The van der Waals surface area contributed by atoms with Gasteiger partial charge in [-0.2, -0.15) is 0 Å². The Balaban J connectivity index is 2.09.